The summed E-state index contributed by atoms with van der Waals surface area (Å²) in [5.74, 6) is -1.36. The minimum absolute atomic E-state index is 0.0762. The van der Waals surface area contributed by atoms with Gasteiger partial charge in [0.2, 0.25) is 8.32 Å². The van der Waals surface area contributed by atoms with E-state index >= 15 is 0 Å². The van der Waals surface area contributed by atoms with E-state index in [2.05, 4.69) is 64.3 Å². The highest BCUT2D eigenvalue weighted by molar-refractivity contribution is 6.80. The number of carbonyl (C=O) groups excluding carboxylic acids is 4. The Kier molecular flexibility index (Phi) is 16.2. The van der Waals surface area contributed by atoms with E-state index in [0.717, 1.165) is 11.1 Å². The lowest BCUT2D eigenvalue weighted by atomic mass is 9.91. The maximum Gasteiger partial charge on any atom is 0.407 e. The van der Waals surface area contributed by atoms with E-state index < -0.39 is 57.4 Å². The van der Waals surface area contributed by atoms with E-state index in [9.17, 15) is 19.2 Å². The third kappa shape index (κ3) is 13.6. The molecule has 0 aromatic heterocycles. The molecule has 0 aliphatic rings. The Morgan fingerprint density at radius 1 is 0.745 bits per heavy atom. The summed E-state index contributed by atoms with van der Waals surface area (Å²) < 4.78 is 17.9. The molecule has 0 radical (unpaired) electrons. The number of ketones is 1. The van der Waals surface area contributed by atoms with E-state index in [1.54, 1.807) is 20.8 Å². The average molecular weight is 741 g/mol. The number of hydrogen-bond acceptors (Lipinski definition) is 7. The molecule has 2 amide bonds. The Hall–Kier alpha value is -3.45. The molecule has 2 aromatic rings. The molecule has 0 saturated heterocycles. The molecule has 0 heterocycles. The van der Waals surface area contributed by atoms with E-state index in [4.69, 9.17) is 13.6 Å². The fourth-order valence-corrected chi connectivity index (χ4v) is 13.8. The van der Waals surface area contributed by atoms with Gasteiger partial charge >= 0.3 is 12.2 Å². The molecule has 0 saturated carbocycles. The Morgan fingerprint density at radius 2 is 1.29 bits per heavy atom. The van der Waals surface area contributed by atoms with Gasteiger partial charge in [-0.3, -0.25) is 9.59 Å². The highest BCUT2D eigenvalue weighted by Crippen LogP contribution is 2.48. The highest BCUT2D eigenvalue weighted by atomic mass is 28.4. The van der Waals surface area contributed by atoms with Crippen molar-refractivity contribution in [3.8, 4) is 0 Å². The zero-order valence-corrected chi connectivity index (χ0v) is 35.2. The first-order valence-electron chi connectivity index (χ1n) is 18.4. The standard InChI is InChI=1S/C40H64N2O7Si2/c1-29(2)51(30(3)4,40(8,9)33-24-17-14-18-25-33)49-38(46)42-34(27-31-21-15-13-16-22-31)35(43)28-32(36(44)48-50(10,11)12)23-19-20-26-41-37(45)47-39(5,6)7/h13-18,21-22,24-25,29-30,32,34H,19-20,23,26-28H2,1-12H3,(H,41,45)(H,42,46)/t32-,34+/m1/s1. The molecule has 2 atom stereocenters. The predicted molar refractivity (Wildman–Crippen MR) is 210 cm³/mol. The summed E-state index contributed by atoms with van der Waals surface area (Å²) in [6.45, 7) is 24.4. The summed E-state index contributed by atoms with van der Waals surface area (Å²) >= 11 is 0. The maximum atomic E-state index is 14.2. The van der Waals surface area contributed by atoms with Gasteiger partial charge in [-0.15, -0.1) is 0 Å². The predicted octanol–water partition coefficient (Wildman–Crippen LogP) is 9.25. The van der Waals surface area contributed by atoms with E-state index in [-0.39, 0.29) is 29.7 Å². The van der Waals surface area contributed by atoms with Gasteiger partial charge < -0.3 is 24.2 Å². The van der Waals surface area contributed by atoms with Gasteiger partial charge in [-0.05, 0) is 81.9 Å². The molecule has 0 spiro atoms. The fourth-order valence-electron chi connectivity index (χ4n) is 7.07. The van der Waals surface area contributed by atoms with Crippen LogP contribution in [0.25, 0.3) is 0 Å². The SMILES string of the molecule is CC(C)[Si](OC(=O)N[C@@H](Cc1ccccc1)C(=O)C[C@@H](CCCCNC(=O)OC(C)(C)C)C(=O)O[Si](C)(C)C)(C(C)C)C(C)(C)c1ccccc1. The van der Waals surface area contributed by atoms with Crippen molar-refractivity contribution in [2.24, 2.45) is 5.92 Å². The molecule has 0 aliphatic carbocycles. The van der Waals surface area contributed by atoms with Gasteiger partial charge in [-0.25, -0.2) is 9.59 Å². The lowest BCUT2D eigenvalue weighted by Crippen LogP contribution is -2.62. The van der Waals surface area contributed by atoms with Crippen LogP contribution in [0.5, 0.6) is 0 Å². The first-order chi connectivity index (χ1) is 23.6. The Balaban J connectivity index is 2.34. The highest BCUT2D eigenvalue weighted by Gasteiger charge is 2.57. The van der Waals surface area contributed by atoms with Crippen LogP contribution in [0, 0.1) is 5.92 Å². The minimum Gasteiger partial charge on any atom is -0.520 e. The number of amides is 2. The van der Waals surface area contributed by atoms with Crippen LogP contribution in [0.3, 0.4) is 0 Å². The molecule has 284 valence electrons. The van der Waals surface area contributed by atoms with Gasteiger partial charge in [0.15, 0.2) is 5.78 Å². The molecule has 0 fully saturated rings. The number of Topliss-reactive ketones (excluding diaryl/α,β-unsaturated/α-hetero) is 1. The Labute approximate surface area is 309 Å². The molecule has 2 rings (SSSR count). The van der Waals surface area contributed by atoms with Gasteiger partial charge in [0.05, 0.1) is 12.0 Å². The first kappa shape index (κ1) is 43.7. The van der Waals surface area contributed by atoms with Crippen molar-refractivity contribution >= 4 is 40.6 Å². The molecule has 11 heteroatoms. The number of ether oxygens (including phenoxy) is 1. The summed E-state index contributed by atoms with van der Waals surface area (Å²) in [4.78, 5) is 53.8. The zero-order chi connectivity index (χ0) is 38.6. The normalized spacial score (nSPS) is 13.7. The van der Waals surface area contributed by atoms with Crippen molar-refractivity contribution in [3.63, 3.8) is 0 Å². The van der Waals surface area contributed by atoms with Crippen LogP contribution in [0.4, 0.5) is 9.59 Å². The van der Waals surface area contributed by atoms with Crippen molar-refractivity contribution in [2.45, 2.75) is 142 Å². The van der Waals surface area contributed by atoms with Gasteiger partial charge in [-0.1, -0.05) is 109 Å². The van der Waals surface area contributed by atoms with Crippen molar-refractivity contribution in [3.05, 3.63) is 71.8 Å². The molecule has 0 unspecified atom stereocenters. The average Bonchev–Trinajstić information content (AvgIpc) is 3.01. The van der Waals surface area contributed by atoms with Crippen LogP contribution in [-0.4, -0.2) is 58.8 Å². The third-order valence-corrected chi connectivity index (χ3v) is 16.3. The molecule has 0 bridgehead atoms. The summed E-state index contributed by atoms with van der Waals surface area (Å²) in [7, 11) is -5.19. The number of carbonyl (C=O) groups is 4. The molecule has 0 aliphatic heterocycles. The monoisotopic (exact) mass is 740 g/mol. The van der Waals surface area contributed by atoms with Crippen molar-refractivity contribution in [1.82, 2.24) is 10.6 Å². The first-order valence-corrected chi connectivity index (χ1v) is 23.9. The second kappa shape index (κ2) is 18.9. The largest absolute Gasteiger partial charge is 0.520 e. The molecule has 2 aromatic carbocycles. The van der Waals surface area contributed by atoms with E-state index in [1.807, 2.05) is 68.2 Å². The van der Waals surface area contributed by atoms with Gasteiger partial charge in [0.25, 0.3) is 14.3 Å². The lowest BCUT2D eigenvalue weighted by Gasteiger charge is -2.49. The van der Waals surface area contributed by atoms with Gasteiger partial charge in [0, 0.05) is 18.0 Å². The van der Waals surface area contributed by atoms with Crippen LogP contribution in [-0.2, 0) is 34.6 Å². The fraction of sp³-hybridized carbons (Fsp3) is 0.600. The van der Waals surface area contributed by atoms with Crippen molar-refractivity contribution in [2.75, 3.05) is 6.54 Å². The second-order valence-electron chi connectivity index (χ2n) is 16.7. The quantitative estimate of drug-likeness (QED) is 0.116. The van der Waals surface area contributed by atoms with Crippen molar-refractivity contribution < 1.29 is 32.8 Å². The second-order valence-corrected chi connectivity index (χ2v) is 26.5. The number of hydrogen-bond donors (Lipinski definition) is 2. The molecule has 2 N–H and O–H groups in total. The van der Waals surface area contributed by atoms with Crippen LogP contribution in [0.15, 0.2) is 60.7 Å². The van der Waals surface area contributed by atoms with Crippen LogP contribution < -0.4 is 10.6 Å². The smallest absolute Gasteiger partial charge is 0.407 e. The van der Waals surface area contributed by atoms with Crippen LogP contribution in [0.1, 0.15) is 99.1 Å². The minimum atomic E-state index is -2.93. The number of unbranched alkanes of at least 4 members (excludes halogenated alkanes) is 1. The van der Waals surface area contributed by atoms with Crippen LogP contribution in [0.2, 0.25) is 30.7 Å². The third-order valence-electron chi connectivity index (χ3n) is 9.25. The number of alkyl carbamates (subject to hydrolysis) is 1. The topological polar surface area (TPSA) is 120 Å². The Morgan fingerprint density at radius 3 is 1.80 bits per heavy atom. The summed E-state index contributed by atoms with van der Waals surface area (Å²) in [5, 5.41) is 5.29. The molecular weight excluding hydrogens is 677 g/mol. The van der Waals surface area contributed by atoms with Gasteiger partial charge in [0.1, 0.15) is 5.60 Å². The number of nitrogens with one attached hydrogen (secondary N) is 2. The van der Waals surface area contributed by atoms with Crippen molar-refractivity contribution in [1.29, 1.82) is 0 Å². The Bertz CT molecular complexity index is 1410. The molecular formula is C40H64N2O7Si2. The summed E-state index contributed by atoms with van der Waals surface area (Å²) in [6, 6.07) is 18.8. The molecule has 51 heavy (non-hydrogen) atoms. The van der Waals surface area contributed by atoms with Gasteiger partial charge in [-0.2, -0.15) is 0 Å². The summed E-state index contributed by atoms with van der Waals surface area (Å²) in [6.07, 6.45) is 0.627. The van der Waals surface area contributed by atoms with Crippen LogP contribution >= 0.6 is 0 Å². The number of benzene rings is 2. The van der Waals surface area contributed by atoms with E-state index in [0.29, 0.717) is 25.8 Å². The molecule has 9 nitrogen and oxygen atoms in total. The van der Waals surface area contributed by atoms with E-state index in [1.165, 1.54) is 0 Å². The maximum absolute atomic E-state index is 14.2. The lowest BCUT2D eigenvalue weighted by molar-refractivity contribution is -0.142. The summed E-state index contributed by atoms with van der Waals surface area (Å²) in [5.41, 5.74) is 1.54. The number of rotatable bonds is 18. The zero-order valence-electron chi connectivity index (χ0n) is 33.2.